The van der Waals surface area contributed by atoms with E-state index in [1.165, 1.54) is 0 Å². The molecular formula is C16H26O4. The zero-order valence-electron chi connectivity index (χ0n) is 13.0. The Balaban J connectivity index is 4.91. The van der Waals surface area contributed by atoms with Crippen molar-refractivity contribution in [3.63, 3.8) is 0 Å². The molecule has 0 saturated carbocycles. The maximum atomic E-state index is 11.7. The molecule has 0 aromatic rings. The summed E-state index contributed by atoms with van der Waals surface area (Å²) in [5, 5.41) is 0. The first kappa shape index (κ1) is 18.4. The first-order valence-corrected chi connectivity index (χ1v) is 7.06. The molecule has 0 aromatic heterocycles. The van der Waals surface area contributed by atoms with Crippen LogP contribution in [0.15, 0.2) is 24.3 Å². The van der Waals surface area contributed by atoms with Crippen LogP contribution in [0.2, 0.25) is 0 Å². The summed E-state index contributed by atoms with van der Waals surface area (Å²) in [5.74, 6) is -1.10. The molecule has 0 spiro atoms. The molecule has 0 heterocycles. The third-order valence-corrected chi connectivity index (χ3v) is 2.98. The molecule has 0 aromatic carbocycles. The molecule has 0 aliphatic rings. The van der Waals surface area contributed by atoms with Crippen LogP contribution in [-0.2, 0) is 19.1 Å². The summed E-state index contributed by atoms with van der Waals surface area (Å²) in [6.07, 6.45) is 2.75. The van der Waals surface area contributed by atoms with Crippen molar-refractivity contribution < 1.29 is 19.1 Å². The van der Waals surface area contributed by atoms with Crippen LogP contribution in [0.3, 0.4) is 0 Å². The highest BCUT2D eigenvalue weighted by atomic mass is 16.7. The second kappa shape index (κ2) is 9.34. The molecule has 0 bridgehead atoms. The van der Waals surface area contributed by atoms with Gasteiger partial charge in [0.2, 0.25) is 0 Å². The summed E-state index contributed by atoms with van der Waals surface area (Å²) in [7, 11) is 0. The van der Waals surface area contributed by atoms with E-state index in [9.17, 15) is 9.59 Å². The lowest BCUT2D eigenvalue weighted by Gasteiger charge is -2.26. The largest absolute Gasteiger partial charge is 0.421 e. The van der Waals surface area contributed by atoms with Gasteiger partial charge in [0, 0.05) is 17.1 Å². The molecule has 20 heavy (non-hydrogen) atoms. The summed E-state index contributed by atoms with van der Waals surface area (Å²) in [6, 6.07) is 0. The predicted octanol–water partition coefficient (Wildman–Crippen LogP) is 3.77. The van der Waals surface area contributed by atoms with Crippen LogP contribution in [-0.4, -0.2) is 18.2 Å². The monoisotopic (exact) mass is 282 g/mol. The fourth-order valence-corrected chi connectivity index (χ4v) is 1.63. The SMILES string of the molecule is C=C(C)C(=O)OC(OC(=O)C(=C)C)C(CC)CCCC. The summed E-state index contributed by atoms with van der Waals surface area (Å²) in [5.41, 5.74) is 0.568. The molecule has 0 amide bonds. The summed E-state index contributed by atoms with van der Waals surface area (Å²) < 4.78 is 10.5. The molecule has 0 N–H and O–H groups in total. The van der Waals surface area contributed by atoms with E-state index in [1.807, 2.05) is 6.92 Å². The average molecular weight is 282 g/mol. The minimum absolute atomic E-state index is 0.0125. The van der Waals surface area contributed by atoms with E-state index >= 15 is 0 Å². The number of unbranched alkanes of at least 4 members (excludes halogenated alkanes) is 1. The molecule has 114 valence electrons. The first-order valence-electron chi connectivity index (χ1n) is 7.06. The third-order valence-electron chi connectivity index (χ3n) is 2.98. The van der Waals surface area contributed by atoms with E-state index in [2.05, 4.69) is 20.1 Å². The molecule has 0 saturated heterocycles. The van der Waals surface area contributed by atoms with Crippen LogP contribution in [0.4, 0.5) is 0 Å². The van der Waals surface area contributed by atoms with Gasteiger partial charge in [0.05, 0.1) is 0 Å². The van der Waals surface area contributed by atoms with Crippen molar-refractivity contribution >= 4 is 11.9 Å². The van der Waals surface area contributed by atoms with Crippen LogP contribution in [0.1, 0.15) is 53.4 Å². The number of esters is 2. The van der Waals surface area contributed by atoms with Crippen LogP contribution < -0.4 is 0 Å². The highest BCUT2D eigenvalue weighted by Gasteiger charge is 2.27. The highest BCUT2D eigenvalue weighted by Crippen LogP contribution is 2.22. The van der Waals surface area contributed by atoms with Crippen molar-refractivity contribution in [1.29, 1.82) is 0 Å². The molecule has 0 aliphatic heterocycles. The lowest BCUT2D eigenvalue weighted by Crippen LogP contribution is -2.32. The van der Waals surface area contributed by atoms with Gasteiger partial charge in [-0.3, -0.25) is 0 Å². The Hall–Kier alpha value is -1.58. The number of ether oxygens (including phenoxy) is 2. The van der Waals surface area contributed by atoms with Crippen molar-refractivity contribution in [1.82, 2.24) is 0 Å². The fraction of sp³-hybridized carbons (Fsp3) is 0.625. The minimum Gasteiger partial charge on any atom is -0.421 e. The fourth-order valence-electron chi connectivity index (χ4n) is 1.63. The van der Waals surface area contributed by atoms with E-state index in [4.69, 9.17) is 9.47 Å². The summed E-state index contributed by atoms with van der Waals surface area (Å²) in [4.78, 5) is 23.3. The Labute approximate surface area is 121 Å². The van der Waals surface area contributed by atoms with E-state index in [-0.39, 0.29) is 17.1 Å². The van der Waals surface area contributed by atoms with Gasteiger partial charge in [0.1, 0.15) is 0 Å². The number of rotatable bonds is 9. The Morgan fingerprint density at radius 3 is 1.75 bits per heavy atom. The van der Waals surface area contributed by atoms with E-state index in [0.29, 0.717) is 0 Å². The number of hydrogen-bond donors (Lipinski definition) is 0. The van der Waals surface area contributed by atoms with Crippen molar-refractivity contribution in [3.05, 3.63) is 24.3 Å². The Bertz CT molecular complexity index is 343. The van der Waals surface area contributed by atoms with Gasteiger partial charge in [0.25, 0.3) is 6.29 Å². The van der Waals surface area contributed by atoms with Crippen molar-refractivity contribution in [2.75, 3.05) is 0 Å². The quantitative estimate of drug-likeness (QED) is 0.367. The van der Waals surface area contributed by atoms with Crippen LogP contribution in [0.25, 0.3) is 0 Å². The second-order valence-corrected chi connectivity index (χ2v) is 5.05. The maximum absolute atomic E-state index is 11.7. The van der Waals surface area contributed by atoms with Gasteiger partial charge in [-0.05, 0) is 26.7 Å². The van der Waals surface area contributed by atoms with Crippen molar-refractivity contribution in [2.24, 2.45) is 5.92 Å². The number of carbonyl (C=O) groups is 2. The Kier molecular flexibility index (Phi) is 8.61. The molecule has 1 unspecified atom stereocenters. The van der Waals surface area contributed by atoms with Crippen LogP contribution in [0, 0.1) is 5.92 Å². The molecule has 0 aliphatic carbocycles. The number of hydrogen-bond acceptors (Lipinski definition) is 4. The lowest BCUT2D eigenvalue weighted by molar-refractivity contribution is -0.193. The molecule has 1 atom stereocenters. The van der Waals surface area contributed by atoms with Gasteiger partial charge in [0.15, 0.2) is 0 Å². The normalized spacial score (nSPS) is 11.8. The standard InChI is InChI=1S/C16H26O4/c1-7-9-10-13(8-2)16(19-14(17)11(3)4)20-15(18)12(5)6/h13,16H,3,5,7-10H2,1-2,4,6H3. The van der Waals surface area contributed by atoms with E-state index in [0.717, 1.165) is 25.7 Å². The van der Waals surface area contributed by atoms with Gasteiger partial charge < -0.3 is 9.47 Å². The first-order chi connectivity index (χ1) is 9.33. The molecule has 4 nitrogen and oxygen atoms in total. The second-order valence-electron chi connectivity index (χ2n) is 5.05. The van der Waals surface area contributed by atoms with Crippen molar-refractivity contribution in [3.8, 4) is 0 Å². The van der Waals surface area contributed by atoms with Crippen molar-refractivity contribution in [2.45, 2.75) is 59.7 Å². The highest BCUT2D eigenvalue weighted by molar-refractivity contribution is 5.88. The van der Waals surface area contributed by atoms with Gasteiger partial charge in [-0.1, -0.05) is 39.8 Å². The zero-order chi connectivity index (χ0) is 15.7. The minimum atomic E-state index is -0.875. The summed E-state index contributed by atoms with van der Waals surface area (Å²) >= 11 is 0. The Morgan fingerprint density at radius 2 is 1.45 bits per heavy atom. The Morgan fingerprint density at radius 1 is 1.00 bits per heavy atom. The van der Waals surface area contributed by atoms with Crippen LogP contribution >= 0.6 is 0 Å². The molecule has 4 heteroatoms. The van der Waals surface area contributed by atoms with Gasteiger partial charge >= 0.3 is 11.9 Å². The molecule has 0 radical (unpaired) electrons. The summed E-state index contributed by atoms with van der Waals surface area (Å²) in [6.45, 7) is 14.3. The smallest absolute Gasteiger partial charge is 0.336 e. The van der Waals surface area contributed by atoms with E-state index in [1.54, 1.807) is 13.8 Å². The van der Waals surface area contributed by atoms with Gasteiger partial charge in [-0.2, -0.15) is 0 Å². The maximum Gasteiger partial charge on any atom is 0.336 e. The zero-order valence-corrected chi connectivity index (χ0v) is 13.0. The molecular weight excluding hydrogens is 256 g/mol. The number of carbonyl (C=O) groups excluding carboxylic acids is 2. The third kappa shape index (κ3) is 6.55. The average Bonchev–Trinajstić information content (AvgIpc) is 2.38. The lowest BCUT2D eigenvalue weighted by atomic mass is 9.98. The topological polar surface area (TPSA) is 52.6 Å². The van der Waals surface area contributed by atoms with Crippen LogP contribution in [0.5, 0.6) is 0 Å². The predicted molar refractivity (Wildman–Crippen MR) is 78.9 cm³/mol. The molecule has 0 fully saturated rings. The molecule has 0 rings (SSSR count). The van der Waals surface area contributed by atoms with E-state index < -0.39 is 18.2 Å². The van der Waals surface area contributed by atoms with Gasteiger partial charge in [-0.15, -0.1) is 0 Å². The van der Waals surface area contributed by atoms with Gasteiger partial charge in [-0.25, -0.2) is 9.59 Å².